The lowest BCUT2D eigenvalue weighted by Gasteiger charge is -2.09. The number of benzene rings is 2. The molecular weight excluding hydrogens is 306 g/mol. The van der Waals surface area contributed by atoms with Crippen molar-refractivity contribution >= 4 is 21.2 Å². The second kappa shape index (κ2) is 6.54. The third-order valence-corrected chi connectivity index (χ3v) is 4.08. The van der Waals surface area contributed by atoms with Crippen LogP contribution in [0.25, 0.3) is 0 Å². The van der Waals surface area contributed by atoms with Gasteiger partial charge in [0.2, 0.25) is 0 Å². The molecule has 2 N–H and O–H groups in total. The Labute approximate surface area is 128 Å². The van der Waals surface area contributed by atoms with Crippen molar-refractivity contribution in [3.05, 3.63) is 64.2 Å². The summed E-state index contributed by atoms with van der Waals surface area (Å²) in [6, 6.07) is 13.1. The topological polar surface area (TPSA) is 101 Å². The van der Waals surface area contributed by atoms with E-state index < -0.39 is 14.8 Å². The molecule has 0 saturated heterocycles. The van der Waals surface area contributed by atoms with E-state index in [9.17, 15) is 18.5 Å². The highest BCUT2D eigenvalue weighted by Crippen LogP contribution is 2.23. The van der Waals surface area contributed by atoms with E-state index in [0.717, 1.165) is 18.0 Å². The minimum absolute atomic E-state index is 0.0704. The number of nitrogens with zero attached hydrogens (tertiary/aromatic N) is 1. The van der Waals surface area contributed by atoms with Gasteiger partial charge in [0, 0.05) is 30.1 Å². The lowest BCUT2D eigenvalue weighted by atomic mass is 10.2. The highest BCUT2D eigenvalue weighted by molar-refractivity contribution is 7.90. The Morgan fingerprint density at radius 2 is 1.82 bits per heavy atom. The van der Waals surface area contributed by atoms with Gasteiger partial charge in [0.15, 0.2) is 9.84 Å². The van der Waals surface area contributed by atoms with Crippen molar-refractivity contribution < 1.29 is 13.3 Å². The lowest BCUT2D eigenvalue weighted by molar-refractivity contribution is -0.385. The smallest absolute Gasteiger partial charge is 0.275 e. The first kappa shape index (κ1) is 15.9. The molecule has 0 unspecified atom stereocenters. The SMILES string of the molecule is CS(=O)(=O)c1ccc(CNNc2ccccc2)c([N+](=O)[O-])c1. The molecule has 2 aromatic carbocycles. The molecule has 0 spiro atoms. The molecule has 0 radical (unpaired) electrons. The fourth-order valence-electron chi connectivity index (χ4n) is 1.86. The summed E-state index contributed by atoms with van der Waals surface area (Å²) in [5.74, 6) is 0. The molecule has 2 aromatic rings. The van der Waals surface area contributed by atoms with Crippen LogP contribution in [-0.2, 0) is 16.4 Å². The second-order valence-corrected chi connectivity index (χ2v) is 6.68. The van der Waals surface area contributed by atoms with Crippen LogP contribution in [0.15, 0.2) is 53.4 Å². The van der Waals surface area contributed by atoms with Crippen molar-refractivity contribution in [1.82, 2.24) is 5.43 Å². The maximum absolute atomic E-state index is 11.5. The summed E-state index contributed by atoms with van der Waals surface area (Å²) >= 11 is 0. The van der Waals surface area contributed by atoms with Crippen molar-refractivity contribution in [3.8, 4) is 0 Å². The van der Waals surface area contributed by atoms with Crippen molar-refractivity contribution in [3.63, 3.8) is 0 Å². The van der Waals surface area contributed by atoms with Crippen molar-refractivity contribution in [2.45, 2.75) is 11.4 Å². The number of hydrazine groups is 1. The molecule has 0 aliphatic carbocycles. The van der Waals surface area contributed by atoms with Gasteiger partial charge < -0.3 is 5.43 Å². The number of anilines is 1. The molecule has 0 heterocycles. The summed E-state index contributed by atoms with van der Waals surface area (Å²) in [6.07, 6.45) is 1.01. The van der Waals surface area contributed by atoms with E-state index in [0.29, 0.717) is 5.56 Å². The van der Waals surface area contributed by atoms with Crippen LogP contribution in [0, 0.1) is 10.1 Å². The zero-order valence-corrected chi connectivity index (χ0v) is 12.6. The summed E-state index contributed by atoms with van der Waals surface area (Å²) in [7, 11) is -3.48. The van der Waals surface area contributed by atoms with E-state index in [4.69, 9.17) is 0 Å². The van der Waals surface area contributed by atoms with Crippen LogP contribution in [0.2, 0.25) is 0 Å². The molecule has 0 saturated carbocycles. The summed E-state index contributed by atoms with van der Waals surface area (Å²) in [6.45, 7) is 0.176. The maximum atomic E-state index is 11.5. The van der Waals surface area contributed by atoms with E-state index in [1.54, 1.807) is 0 Å². The summed E-state index contributed by atoms with van der Waals surface area (Å²) < 4.78 is 22.9. The highest BCUT2D eigenvalue weighted by atomic mass is 32.2. The first-order valence-corrected chi connectivity index (χ1v) is 8.28. The highest BCUT2D eigenvalue weighted by Gasteiger charge is 2.18. The standard InChI is InChI=1S/C14H15N3O4S/c1-22(20,21)13-8-7-11(14(9-13)17(18)19)10-15-16-12-5-3-2-4-6-12/h2-9,15-16H,10H2,1H3. The normalized spacial score (nSPS) is 11.1. The van der Waals surface area contributed by atoms with Gasteiger partial charge >= 0.3 is 0 Å². The van der Waals surface area contributed by atoms with Gasteiger partial charge in [0.1, 0.15) is 0 Å². The molecule has 0 fully saturated rings. The van der Waals surface area contributed by atoms with Crippen LogP contribution in [0.1, 0.15) is 5.56 Å². The van der Waals surface area contributed by atoms with Crippen LogP contribution in [0.5, 0.6) is 0 Å². The third kappa shape index (κ3) is 4.03. The molecule has 0 amide bonds. The van der Waals surface area contributed by atoms with Crippen LogP contribution >= 0.6 is 0 Å². The number of para-hydroxylation sites is 1. The fraction of sp³-hybridized carbons (Fsp3) is 0.143. The largest absolute Gasteiger partial charge is 0.321 e. The van der Waals surface area contributed by atoms with Crippen molar-refractivity contribution in [1.29, 1.82) is 0 Å². The average Bonchev–Trinajstić information content (AvgIpc) is 2.47. The molecule has 2 rings (SSSR count). The number of nitrogens with one attached hydrogen (secondary N) is 2. The van der Waals surface area contributed by atoms with E-state index in [1.807, 2.05) is 30.3 Å². The lowest BCUT2D eigenvalue weighted by Crippen LogP contribution is -2.21. The third-order valence-electron chi connectivity index (χ3n) is 2.97. The van der Waals surface area contributed by atoms with Crippen LogP contribution < -0.4 is 10.9 Å². The van der Waals surface area contributed by atoms with E-state index in [2.05, 4.69) is 10.9 Å². The fourth-order valence-corrected chi connectivity index (χ4v) is 2.50. The van der Waals surface area contributed by atoms with Crippen LogP contribution in [-0.4, -0.2) is 19.6 Å². The second-order valence-electron chi connectivity index (χ2n) is 4.66. The zero-order valence-electron chi connectivity index (χ0n) is 11.8. The minimum atomic E-state index is -3.48. The quantitative estimate of drug-likeness (QED) is 0.624. The van der Waals surface area contributed by atoms with Gasteiger partial charge in [-0.05, 0) is 24.3 Å². The van der Waals surface area contributed by atoms with Gasteiger partial charge in [-0.25, -0.2) is 13.8 Å². The van der Waals surface area contributed by atoms with Crippen molar-refractivity contribution in [2.24, 2.45) is 0 Å². The number of rotatable bonds is 6. The number of nitro benzene ring substituents is 1. The molecule has 22 heavy (non-hydrogen) atoms. The molecular formula is C14H15N3O4S. The van der Waals surface area contributed by atoms with Gasteiger partial charge in [0.25, 0.3) is 5.69 Å². The Balaban J connectivity index is 2.15. The van der Waals surface area contributed by atoms with Gasteiger partial charge in [-0.2, -0.15) is 0 Å². The van der Waals surface area contributed by atoms with Gasteiger partial charge in [-0.3, -0.25) is 10.1 Å². The Kier molecular flexibility index (Phi) is 4.74. The number of nitro groups is 1. The van der Waals surface area contributed by atoms with Gasteiger partial charge in [-0.15, -0.1) is 0 Å². The predicted octanol–water partition coefficient (Wildman–Crippen LogP) is 2.12. The monoisotopic (exact) mass is 321 g/mol. The average molecular weight is 321 g/mol. The Morgan fingerprint density at radius 1 is 1.14 bits per heavy atom. The molecule has 8 heteroatoms. The van der Waals surface area contributed by atoms with Crippen LogP contribution in [0.4, 0.5) is 11.4 Å². The number of sulfone groups is 1. The van der Waals surface area contributed by atoms with Crippen LogP contribution in [0.3, 0.4) is 0 Å². The molecule has 0 aliphatic heterocycles. The maximum Gasteiger partial charge on any atom is 0.275 e. The zero-order chi connectivity index (χ0) is 16.2. The van der Waals surface area contributed by atoms with Gasteiger partial charge in [0.05, 0.1) is 9.82 Å². The Morgan fingerprint density at radius 3 is 2.41 bits per heavy atom. The van der Waals surface area contributed by atoms with E-state index in [-0.39, 0.29) is 17.1 Å². The molecule has 116 valence electrons. The van der Waals surface area contributed by atoms with Crippen molar-refractivity contribution in [2.75, 3.05) is 11.7 Å². The first-order chi connectivity index (χ1) is 10.4. The summed E-state index contributed by atoms with van der Waals surface area (Å²) in [5.41, 5.74) is 6.76. The molecule has 0 bridgehead atoms. The van der Waals surface area contributed by atoms with E-state index >= 15 is 0 Å². The Bertz CT molecular complexity index is 776. The minimum Gasteiger partial charge on any atom is -0.321 e. The first-order valence-electron chi connectivity index (χ1n) is 6.39. The molecule has 0 aliphatic rings. The van der Waals surface area contributed by atoms with Gasteiger partial charge in [-0.1, -0.05) is 18.2 Å². The number of hydrogen-bond acceptors (Lipinski definition) is 6. The number of hydrogen-bond donors (Lipinski definition) is 2. The molecule has 0 aromatic heterocycles. The van der Waals surface area contributed by atoms with E-state index in [1.165, 1.54) is 12.1 Å². The summed E-state index contributed by atoms with van der Waals surface area (Å²) in [4.78, 5) is 10.4. The molecule has 7 nitrogen and oxygen atoms in total. The summed E-state index contributed by atoms with van der Waals surface area (Å²) in [5, 5.41) is 11.1. The molecule has 0 atom stereocenters. The Hall–Kier alpha value is -2.45. The predicted molar refractivity (Wildman–Crippen MR) is 83.1 cm³/mol.